The van der Waals surface area contributed by atoms with Crippen molar-refractivity contribution in [3.8, 4) is 5.75 Å². The summed E-state index contributed by atoms with van der Waals surface area (Å²) >= 11 is 3.48. The second-order valence-corrected chi connectivity index (χ2v) is 18.4. The molecule has 9 heteroatoms. The fourth-order valence-electron chi connectivity index (χ4n) is 7.80. The predicted octanol–water partition coefficient (Wildman–Crippen LogP) is 4.75. The van der Waals surface area contributed by atoms with Gasteiger partial charge in [-0.3, -0.25) is 14.5 Å². The molecule has 3 fully saturated rings. The summed E-state index contributed by atoms with van der Waals surface area (Å²) in [6, 6.07) is 25.7. The Bertz CT molecular complexity index is 1490. The van der Waals surface area contributed by atoms with Gasteiger partial charge in [0.05, 0.1) is 17.9 Å². The summed E-state index contributed by atoms with van der Waals surface area (Å²) in [7, 11) is -1.44. The lowest BCUT2D eigenvalue weighted by Crippen LogP contribution is -2.67. The van der Waals surface area contributed by atoms with E-state index in [2.05, 4.69) is 61.0 Å². The minimum atomic E-state index is -2.96. The van der Waals surface area contributed by atoms with Crippen molar-refractivity contribution >= 4 is 46.4 Å². The van der Waals surface area contributed by atoms with Crippen molar-refractivity contribution in [3.63, 3.8) is 0 Å². The number of nitrogens with zero attached hydrogens (tertiary/aromatic N) is 1. The number of benzene rings is 3. The third kappa shape index (κ3) is 4.80. The highest BCUT2D eigenvalue weighted by atomic mass is 79.9. The standard InChI is InChI=1S/C34H38BrNO6Si/c1-33(2,3)43(23-11-7-5-8-12-23,24-13-9-6-10-14-24)41-20-21-17-26-30(32(39)36(4)31(26)38)27-19-29(42-34(21,27)40)25-18-22(35)15-16-28(25)37/h5-16,18,21,26-27,29-30,37,40H,17,19-20H2,1-4H3/t21-,26+,27+,29+,30+,34-/m1/s1. The predicted molar refractivity (Wildman–Crippen MR) is 169 cm³/mol. The molecule has 43 heavy (non-hydrogen) atoms. The van der Waals surface area contributed by atoms with Crippen LogP contribution in [0.25, 0.3) is 0 Å². The fourth-order valence-corrected chi connectivity index (χ4v) is 12.8. The fraction of sp³-hybridized carbons (Fsp3) is 0.412. The summed E-state index contributed by atoms with van der Waals surface area (Å²) in [6.07, 6.45) is -0.0953. The number of imide groups is 1. The first-order chi connectivity index (χ1) is 20.4. The zero-order valence-electron chi connectivity index (χ0n) is 24.9. The third-order valence-electron chi connectivity index (χ3n) is 9.84. The highest BCUT2D eigenvalue weighted by molar-refractivity contribution is 9.10. The lowest BCUT2D eigenvalue weighted by molar-refractivity contribution is -0.273. The zero-order chi connectivity index (χ0) is 30.7. The number of carbonyl (C=O) groups is 2. The Morgan fingerprint density at radius 1 is 0.977 bits per heavy atom. The molecule has 3 aromatic carbocycles. The molecule has 2 aliphatic heterocycles. The van der Waals surface area contributed by atoms with Gasteiger partial charge in [0, 0.05) is 35.5 Å². The van der Waals surface area contributed by atoms with Gasteiger partial charge in [-0.1, -0.05) is 97.4 Å². The van der Waals surface area contributed by atoms with E-state index in [0.29, 0.717) is 12.0 Å². The smallest absolute Gasteiger partial charge is 0.261 e. The molecule has 3 aliphatic rings. The first-order valence-electron chi connectivity index (χ1n) is 14.8. The van der Waals surface area contributed by atoms with Gasteiger partial charge >= 0.3 is 0 Å². The molecule has 226 valence electrons. The largest absolute Gasteiger partial charge is 0.508 e. The molecular weight excluding hydrogens is 626 g/mol. The Morgan fingerprint density at radius 2 is 1.58 bits per heavy atom. The SMILES string of the molecule is CN1C(=O)[C@H]2[C@H](C[C@H](CO[Si](c3ccccc3)(c3ccccc3)C(C)(C)C)[C@@]3(O)O[C@H](c4cc(Br)ccc4O)C[C@@H]23)C1=O. The van der Waals surface area contributed by atoms with Crippen LogP contribution in [0.4, 0.5) is 0 Å². The Hall–Kier alpha value is -2.82. The molecule has 7 nitrogen and oxygen atoms in total. The Labute approximate surface area is 262 Å². The number of ether oxygens (including phenoxy) is 1. The van der Waals surface area contributed by atoms with Crippen LogP contribution in [-0.4, -0.2) is 54.7 Å². The average Bonchev–Trinajstić information content (AvgIpc) is 3.44. The molecule has 0 spiro atoms. The molecule has 2 heterocycles. The topological polar surface area (TPSA) is 96.3 Å². The average molecular weight is 665 g/mol. The quantitative estimate of drug-likeness (QED) is 0.292. The van der Waals surface area contributed by atoms with Crippen molar-refractivity contribution in [1.29, 1.82) is 0 Å². The molecule has 0 aromatic heterocycles. The number of aromatic hydroxyl groups is 1. The van der Waals surface area contributed by atoms with Crippen LogP contribution in [0, 0.1) is 23.7 Å². The Kier molecular flexibility index (Phi) is 7.70. The van der Waals surface area contributed by atoms with Crippen LogP contribution in [-0.2, 0) is 18.8 Å². The Balaban J connectivity index is 1.42. The van der Waals surface area contributed by atoms with Gasteiger partial charge in [-0.2, -0.15) is 0 Å². The van der Waals surface area contributed by atoms with Crippen molar-refractivity contribution < 1.29 is 29.0 Å². The van der Waals surface area contributed by atoms with Crippen LogP contribution >= 0.6 is 15.9 Å². The molecular formula is C34H38BrNO6Si. The van der Waals surface area contributed by atoms with Crippen molar-refractivity contribution in [1.82, 2.24) is 4.90 Å². The van der Waals surface area contributed by atoms with Crippen LogP contribution in [0.5, 0.6) is 5.75 Å². The number of hydrogen-bond donors (Lipinski definition) is 2. The summed E-state index contributed by atoms with van der Waals surface area (Å²) in [5, 5.41) is 25.1. The second-order valence-electron chi connectivity index (χ2n) is 13.2. The third-order valence-corrected chi connectivity index (χ3v) is 15.3. The first-order valence-corrected chi connectivity index (χ1v) is 17.5. The van der Waals surface area contributed by atoms with Gasteiger partial charge in [-0.25, -0.2) is 0 Å². The number of rotatable bonds is 6. The lowest BCUT2D eigenvalue weighted by atomic mass is 9.64. The molecule has 0 bridgehead atoms. The van der Waals surface area contributed by atoms with Gasteiger partial charge in [0.15, 0.2) is 5.79 Å². The number of amides is 2. The van der Waals surface area contributed by atoms with E-state index in [-0.39, 0.29) is 35.6 Å². The van der Waals surface area contributed by atoms with Gasteiger partial charge in [-0.05, 0) is 46.5 Å². The molecule has 1 aliphatic carbocycles. The van der Waals surface area contributed by atoms with E-state index in [0.717, 1.165) is 14.8 Å². The summed E-state index contributed by atoms with van der Waals surface area (Å²) < 4.78 is 14.5. The maximum absolute atomic E-state index is 13.4. The van der Waals surface area contributed by atoms with E-state index in [1.807, 2.05) is 36.4 Å². The van der Waals surface area contributed by atoms with Gasteiger partial charge < -0.3 is 19.4 Å². The molecule has 6 rings (SSSR count). The normalized spacial score (nSPS) is 29.1. The highest BCUT2D eigenvalue weighted by Gasteiger charge is 2.67. The van der Waals surface area contributed by atoms with Crippen LogP contribution < -0.4 is 10.4 Å². The number of halogens is 1. The molecule has 3 aromatic rings. The van der Waals surface area contributed by atoms with E-state index in [9.17, 15) is 19.8 Å². The van der Waals surface area contributed by atoms with E-state index < -0.39 is 43.9 Å². The van der Waals surface area contributed by atoms with Gasteiger partial charge in [0.1, 0.15) is 5.75 Å². The summed E-state index contributed by atoms with van der Waals surface area (Å²) in [5.74, 6) is -4.65. The van der Waals surface area contributed by atoms with E-state index >= 15 is 0 Å². The number of hydrogen-bond acceptors (Lipinski definition) is 6. The van der Waals surface area contributed by atoms with Crippen LogP contribution in [0.15, 0.2) is 83.3 Å². The summed E-state index contributed by atoms with van der Waals surface area (Å²) in [6.45, 7) is 6.73. The molecule has 0 radical (unpaired) electrons. The number of fused-ring (bicyclic) bond motifs is 3. The number of aliphatic hydroxyl groups is 1. The Morgan fingerprint density at radius 3 is 2.16 bits per heavy atom. The van der Waals surface area contributed by atoms with Gasteiger partial charge in [-0.15, -0.1) is 0 Å². The maximum Gasteiger partial charge on any atom is 0.261 e. The van der Waals surface area contributed by atoms with Gasteiger partial charge in [0.25, 0.3) is 8.32 Å². The molecule has 2 amide bonds. The van der Waals surface area contributed by atoms with E-state index in [1.54, 1.807) is 18.2 Å². The minimum absolute atomic E-state index is 0.0538. The molecule has 2 saturated heterocycles. The number of likely N-dealkylation sites (tertiary alicyclic amines) is 1. The number of carbonyl (C=O) groups excluding carboxylic acids is 2. The van der Waals surface area contributed by atoms with Crippen molar-refractivity contribution in [2.24, 2.45) is 23.7 Å². The van der Waals surface area contributed by atoms with Gasteiger partial charge in [0.2, 0.25) is 11.8 Å². The summed E-state index contributed by atoms with van der Waals surface area (Å²) in [4.78, 5) is 27.9. The van der Waals surface area contributed by atoms with E-state index in [1.165, 1.54) is 11.9 Å². The van der Waals surface area contributed by atoms with Crippen LogP contribution in [0.1, 0.15) is 45.3 Å². The minimum Gasteiger partial charge on any atom is -0.508 e. The van der Waals surface area contributed by atoms with Crippen LogP contribution in [0.2, 0.25) is 5.04 Å². The van der Waals surface area contributed by atoms with E-state index in [4.69, 9.17) is 9.16 Å². The monoisotopic (exact) mass is 663 g/mol. The second kappa shape index (κ2) is 11.0. The first kappa shape index (κ1) is 30.2. The lowest BCUT2D eigenvalue weighted by Gasteiger charge is -2.48. The summed E-state index contributed by atoms with van der Waals surface area (Å²) in [5.41, 5.74) is 0.533. The van der Waals surface area contributed by atoms with Crippen molar-refractivity contribution in [2.45, 2.75) is 50.5 Å². The zero-order valence-corrected chi connectivity index (χ0v) is 27.5. The molecule has 2 N–H and O–H groups in total. The van der Waals surface area contributed by atoms with Crippen molar-refractivity contribution in [3.05, 3.63) is 88.9 Å². The van der Waals surface area contributed by atoms with Crippen LogP contribution in [0.3, 0.4) is 0 Å². The number of phenolic OH excluding ortho intramolecular Hbond substituents is 1. The number of phenols is 1. The maximum atomic E-state index is 13.4. The molecule has 1 saturated carbocycles. The van der Waals surface area contributed by atoms with Crippen molar-refractivity contribution in [2.75, 3.05) is 13.7 Å². The highest BCUT2D eigenvalue weighted by Crippen LogP contribution is 2.59. The molecule has 0 unspecified atom stereocenters. The molecule has 6 atom stereocenters.